The van der Waals surface area contributed by atoms with E-state index in [1.807, 2.05) is 0 Å². The number of aromatic nitrogens is 2. The first kappa shape index (κ1) is 20.0. The number of halogens is 2. The highest BCUT2D eigenvalue weighted by atomic mass is 35.5. The third-order valence-corrected chi connectivity index (χ3v) is 5.33. The van der Waals surface area contributed by atoms with Crippen molar-refractivity contribution in [2.45, 2.75) is 13.3 Å². The third kappa shape index (κ3) is 3.66. The van der Waals surface area contributed by atoms with Gasteiger partial charge in [0.1, 0.15) is 5.69 Å². The standard InChI is InChI=1S/C20H18Cl2N2O4/c1-11(19(26)27)9-12-3-5-13(6-4-12)17-18(25)24(20(28)23(17)2)14-7-8-15(21)16(22)10-14/h3-8,10-11,25H,9H2,1-2H3,(H,26,27). The van der Waals surface area contributed by atoms with Gasteiger partial charge >= 0.3 is 11.7 Å². The molecule has 0 saturated heterocycles. The summed E-state index contributed by atoms with van der Waals surface area (Å²) in [4.78, 5) is 23.7. The van der Waals surface area contributed by atoms with E-state index < -0.39 is 17.6 Å². The minimum Gasteiger partial charge on any atom is -0.493 e. The molecule has 1 aromatic heterocycles. The number of imidazole rings is 1. The summed E-state index contributed by atoms with van der Waals surface area (Å²) in [5.41, 5.74) is 1.78. The van der Waals surface area contributed by atoms with Gasteiger partial charge in [-0.2, -0.15) is 0 Å². The Kier molecular flexibility index (Phi) is 5.54. The molecule has 0 fully saturated rings. The van der Waals surface area contributed by atoms with Crippen molar-refractivity contribution in [3.8, 4) is 22.8 Å². The van der Waals surface area contributed by atoms with E-state index in [4.69, 9.17) is 28.3 Å². The Morgan fingerprint density at radius 2 is 1.75 bits per heavy atom. The number of carboxylic acid groups (broad SMARTS) is 1. The van der Waals surface area contributed by atoms with Crippen molar-refractivity contribution < 1.29 is 15.0 Å². The lowest BCUT2D eigenvalue weighted by atomic mass is 10.00. The van der Waals surface area contributed by atoms with E-state index in [0.29, 0.717) is 28.4 Å². The SMILES string of the molecule is CC(Cc1ccc(-c2c(O)n(-c3ccc(Cl)c(Cl)c3)c(=O)n2C)cc1)C(=O)O. The van der Waals surface area contributed by atoms with Crippen LogP contribution in [0.25, 0.3) is 16.9 Å². The molecule has 6 nitrogen and oxygen atoms in total. The van der Waals surface area contributed by atoms with Crippen molar-refractivity contribution in [1.29, 1.82) is 0 Å². The average molecular weight is 421 g/mol. The normalized spacial score (nSPS) is 12.1. The maximum atomic E-state index is 12.7. The van der Waals surface area contributed by atoms with Crippen molar-refractivity contribution >= 4 is 29.2 Å². The van der Waals surface area contributed by atoms with Gasteiger partial charge < -0.3 is 10.2 Å². The molecule has 8 heteroatoms. The molecule has 3 aromatic rings. The van der Waals surface area contributed by atoms with Crippen LogP contribution in [0.1, 0.15) is 12.5 Å². The van der Waals surface area contributed by atoms with Crippen LogP contribution in [0.3, 0.4) is 0 Å². The predicted molar refractivity (Wildman–Crippen MR) is 109 cm³/mol. The average Bonchev–Trinajstić information content (AvgIpc) is 2.87. The van der Waals surface area contributed by atoms with E-state index in [1.54, 1.807) is 50.4 Å². The number of benzene rings is 2. The fraction of sp³-hybridized carbons (Fsp3) is 0.200. The molecule has 28 heavy (non-hydrogen) atoms. The maximum Gasteiger partial charge on any atom is 0.335 e. The largest absolute Gasteiger partial charge is 0.493 e. The van der Waals surface area contributed by atoms with Crippen molar-refractivity contribution in [2.75, 3.05) is 0 Å². The van der Waals surface area contributed by atoms with Gasteiger partial charge in [0.25, 0.3) is 0 Å². The zero-order chi connectivity index (χ0) is 20.6. The Bertz CT molecular complexity index is 1100. The third-order valence-electron chi connectivity index (χ3n) is 4.59. The Balaban J connectivity index is 2.03. The van der Waals surface area contributed by atoms with Crippen molar-refractivity contribution in [3.63, 3.8) is 0 Å². The van der Waals surface area contributed by atoms with Crippen LogP contribution in [0.2, 0.25) is 10.0 Å². The van der Waals surface area contributed by atoms with E-state index in [9.17, 15) is 14.7 Å². The fourth-order valence-corrected chi connectivity index (χ4v) is 3.30. The minimum absolute atomic E-state index is 0.224. The first-order valence-electron chi connectivity index (χ1n) is 8.49. The van der Waals surface area contributed by atoms with Crippen LogP contribution in [-0.4, -0.2) is 25.3 Å². The fourth-order valence-electron chi connectivity index (χ4n) is 3.01. The van der Waals surface area contributed by atoms with Crippen molar-refractivity contribution in [3.05, 3.63) is 68.6 Å². The van der Waals surface area contributed by atoms with Gasteiger partial charge in [-0.05, 0) is 30.2 Å². The van der Waals surface area contributed by atoms with E-state index >= 15 is 0 Å². The number of carboxylic acids is 1. The van der Waals surface area contributed by atoms with E-state index in [2.05, 4.69) is 0 Å². The number of carbonyl (C=O) groups is 1. The second-order valence-corrected chi connectivity index (χ2v) is 7.40. The summed E-state index contributed by atoms with van der Waals surface area (Å²) in [5.74, 6) is -1.58. The van der Waals surface area contributed by atoms with Gasteiger partial charge in [0, 0.05) is 12.6 Å². The summed E-state index contributed by atoms with van der Waals surface area (Å²) in [5, 5.41) is 20.4. The molecule has 0 bridgehead atoms. The minimum atomic E-state index is -0.859. The van der Waals surface area contributed by atoms with E-state index in [-0.39, 0.29) is 10.9 Å². The summed E-state index contributed by atoms with van der Waals surface area (Å²) in [6.45, 7) is 1.64. The first-order chi connectivity index (χ1) is 13.2. The molecule has 1 atom stereocenters. The smallest absolute Gasteiger partial charge is 0.335 e. The van der Waals surface area contributed by atoms with Gasteiger partial charge in [-0.3, -0.25) is 9.36 Å². The number of hydrogen-bond donors (Lipinski definition) is 2. The molecule has 0 aliphatic heterocycles. The molecule has 3 rings (SSSR count). The number of hydrogen-bond acceptors (Lipinski definition) is 3. The summed E-state index contributed by atoms with van der Waals surface area (Å²) in [7, 11) is 1.56. The Morgan fingerprint density at radius 1 is 1.11 bits per heavy atom. The predicted octanol–water partition coefficient (Wildman–Crippen LogP) is 4.12. The first-order valence-corrected chi connectivity index (χ1v) is 9.24. The van der Waals surface area contributed by atoms with Crippen molar-refractivity contribution in [1.82, 2.24) is 9.13 Å². The molecule has 1 unspecified atom stereocenters. The van der Waals surface area contributed by atoms with Crippen LogP contribution in [0.4, 0.5) is 0 Å². The summed E-state index contributed by atoms with van der Waals surface area (Å²) < 4.78 is 2.49. The number of rotatable bonds is 5. The van der Waals surface area contributed by atoms with Crippen molar-refractivity contribution in [2.24, 2.45) is 13.0 Å². The quantitative estimate of drug-likeness (QED) is 0.649. The van der Waals surface area contributed by atoms with Crippen LogP contribution in [0, 0.1) is 5.92 Å². The lowest BCUT2D eigenvalue weighted by molar-refractivity contribution is -0.141. The summed E-state index contributed by atoms with van der Waals surface area (Å²) >= 11 is 12.0. The molecule has 1 heterocycles. The van der Waals surface area contributed by atoms with Gasteiger partial charge in [-0.1, -0.05) is 54.4 Å². The lowest BCUT2D eigenvalue weighted by Gasteiger charge is -2.08. The van der Waals surface area contributed by atoms with Crippen LogP contribution >= 0.6 is 23.2 Å². The number of aliphatic carboxylic acids is 1. The number of nitrogens with zero attached hydrogens (tertiary/aromatic N) is 2. The Hall–Kier alpha value is -2.70. The molecule has 0 aliphatic rings. The summed E-state index contributed by atoms with van der Waals surface area (Å²) in [6, 6.07) is 11.7. The van der Waals surface area contributed by atoms with Gasteiger partial charge in [0.05, 0.1) is 21.7 Å². The van der Waals surface area contributed by atoms with Crippen LogP contribution in [0.15, 0.2) is 47.3 Å². The second-order valence-electron chi connectivity index (χ2n) is 6.59. The lowest BCUT2D eigenvalue weighted by Crippen LogP contribution is -2.21. The van der Waals surface area contributed by atoms with Crippen LogP contribution < -0.4 is 5.69 Å². The van der Waals surface area contributed by atoms with Gasteiger partial charge in [-0.15, -0.1) is 0 Å². The van der Waals surface area contributed by atoms with Gasteiger partial charge in [0.2, 0.25) is 5.88 Å². The highest BCUT2D eigenvalue weighted by Gasteiger charge is 2.20. The molecule has 0 spiro atoms. The molecule has 146 valence electrons. The van der Waals surface area contributed by atoms with Gasteiger partial charge in [0.15, 0.2) is 0 Å². The number of aromatic hydroxyl groups is 1. The molecule has 2 aromatic carbocycles. The monoisotopic (exact) mass is 420 g/mol. The highest BCUT2D eigenvalue weighted by molar-refractivity contribution is 6.42. The van der Waals surface area contributed by atoms with E-state index in [0.717, 1.165) is 10.1 Å². The van der Waals surface area contributed by atoms with Crippen LogP contribution in [-0.2, 0) is 18.3 Å². The zero-order valence-corrected chi connectivity index (χ0v) is 16.7. The maximum absolute atomic E-state index is 12.7. The molecular weight excluding hydrogens is 403 g/mol. The molecule has 0 radical (unpaired) electrons. The Labute approximate surface area is 171 Å². The molecule has 2 N–H and O–H groups in total. The highest BCUT2D eigenvalue weighted by Crippen LogP contribution is 2.32. The summed E-state index contributed by atoms with van der Waals surface area (Å²) in [6.07, 6.45) is 0.394. The Morgan fingerprint density at radius 3 is 2.32 bits per heavy atom. The molecule has 0 aliphatic carbocycles. The molecule has 0 saturated carbocycles. The van der Waals surface area contributed by atoms with Crippen LogP contribution in [0.5, 0.6) is 5.88 Å². The molecule has 0 amide bonds. The molecular formula is C20H18Cl2N2O4. The van der Waals surface area contributed by atoms with E-state index in [1.165, 1.54) is 10.6 Å². The zero-order valence-electron chi connectivity index (χ0n) is 15.2. The van der Waals surface area contributed by atoms with Gasteiger partial charge in [-0.25, -0.2) is 9.36 Å². The topological polar surface area (TPSA) is 84.5 Å². The second kappa shape index (κ2) is 7.73.